The van der Waals surface area contributed by atoms with Gasteiger partial charge in [0.2, 0.25) is 0 Å². The molecule has 0 saturated carbocycles. The number of methoxy groups -OCH3 is 1. The van der Waals surface area contributed by atoms with E-state index in [1.165, 1.54) is 0 Å². The number of benzene rings is 1. The van der Waals surface area contributed by atoms with E-state index in [-0.39, 0.29) is 18.3 Å². The molecule has 1 amide bonds. The van der Waals surface area contributed by atoms with Crippen molar-refractivity contribution in [2.24, 2.45) is 0 Å². The van der Waals surface area contributed by atoms with Crippen LogP contribution in [0.4, 0.5) is 0 Å². The van der Waals surface area contributed by atoms with Crippen LogP contribution in [0.15, 0.2) is 28.9 Å². The molecule has 9 heteroatoms. The summed E-state index contributed by atoms with van der Waals surface area (Å²) >= 11 is 3.44. The Bertz CT molecular complexity index is 718. The van der Waals surface area contributed by atoms with Gasteiger partial charge in [-0.15, -0.1) is 17.5 Å². The summed E-state index contributed by atoms with van der Waals surface area (Å²) in [5.74, 6) is 0.539. The number of halogens is 2. The lowest BCUT2D eigenvalue weighted by molar-refractivity contribution is 0.0946. The average Bonchev–Trinajstić information content (AvgIpc) is 3.11. The summed E-state index contributed by atoms with van der Waals surface area (Å²) in [6.45, 7) is 2.36. The highest BCUT2D eigenvalue weighted by Gasteiger charge is 2.18. The van der Waals surface area contributed by atoms with Gasteiger partial charge in [-0.25, -0.2) is 4.68 Å². The lowest BCUT2D eigenvalue weighted by Crippen LogP contribution is -2.29. The van der Waals surface area contributed by atoms with E-state index in [0.717, 1.165) is 41.7 Å². The van der Waals surface area contributed by atoms with Crippen LogP contribution in [-0.2, 0) is 6.54 Å². The highest BCUT2D eigenvalue weighted by Crippen LogP contribution is 2.25. The molecule has 0 spiro atoms. The number of ether oxygens (including phenoxy) is 1. The molecule has 136 valence electrons. The zero-order chi connectivity index (χ0) is 16.9. The number of amides is 1. The molecule has 1 fully saturated rings. The number of carbonyl (C=O) groups is 1. The Morgan fingerprint density at radius 1 is 1.44 bits per heavy atom. The van der Waals surface area contributed by atoms with Crippen LogP contribution >= 0.6 is 28.3 Å². The van der Waals surface area contributed by atoms with E-state index in [0.29, 0.717) is 18.3 Å². The molecular weight excluding hydrogens is 410 g/mol. The summed E-state index contributed by atoms with van der Waals surface area (Å²) in [6, 6.07) is 6.01. The average molecular weight is 431 g/mol. The van der Waals surface area contributed by atoms with Gasteiger partial charge in [-0.3, -0.25) is 4.79 Å². The summed E-state index contributed by atoms with van der Waals surface area (Å²) in [6.07, 6.45) is 3.74. The molecule has 2 heterocycles. The van der Waals surface area contributed by atoms with Gasteiger partial charge in [-0.1, -0.05) is 11.3 Å². The number of hydrogen-bond donors (Lipinski definition) is 2. The van der Waals surface area contributed by atoms with Crippen molar-refractivity contribution in [3.05, 3.63) is 40.1 Å². The molecule has 2 N–H and O–H groups in total. The van der Waals surface area contributed by atoms with E-state index in [1.807, 2.05) is 18.2 Å². The molecule has 0 atom stereocenters. The summed E-state index contributed by atoms with van der Waals surface area (Å²) in [7, 11) is 1.62. The normalized spacial score (nSPS) is 14.6. The molecule has 0 radical (unpaired) electrons. The number of rotatable bonds is 5. The topological polar surface area (TPSA) is 81.1 Å². The van der Waals surface area contributed by atoms with Crippen LogP contribution in [0.5, 0.6) is 5.75 Å². The second kappa shape index (κ2) is 9.17. The monoisotopic (exact) mass is 429 g/mol. The zero-order valence-electron chi connectivity index (χ0n) is 13.9. The number of nitrogens with one attached hydrogen (secondary N) is 2. The Hall–Kier alpha value is -1.64. The predicted octanol–water partition coefficient (Wildman–Crippen LogP) is 2.33. The van der Waals surface area contributed by atoms with Crippen LogP contribution < -0.4 is 15.4 Å². The Labute approximate surface area is 161 Å². The fourth-order valence-corrected chi connectivity index (χ4v) is 3.31. The summed E-state index contributed by atoms with van der Waals surface area (Å²) in [5.41, 5.74) is 1.32. The summed E-state index contributed by atoms with van der Waals surface area (Å²) in [5, 5.41) is 14.3. The van der Waals surface area contributed by atoms with Crippen molar-refractivity contribution in [1.82, 2.24) is 25.6 Å². The highest BCUT2D eigenvalue weighted by atomic mass is 79.9. The minimum atomic E-state index is -0.220. The first-order valence-electron chi connectivity index (χ1n) is 7.90. The van der Waals surface area contributed by atoms with Crippen LogP contribution in [0, 0.1) is 0 Å². The summed E-state index contributed by atoms with van der Waals surface area (Å²) < 4.78 is 7.86. The molecule has 1 aliphatic rings. The van der Waals surface area contributed by atoms with Crippen molar-refractivity contribution in [2.45, 2.75) is 25.4 Å². The molecular formula is C16H21BrClN5O2. The van der Waals surface area contributed by atoms with Crippen LogP contribution in [0.2, 0.25) is 0 Å². The number of hydrogen-bond acceptors (Lipinski definition) is 5. The molecule has 1 aliphatic heterocycles. The minimum Gasteiger partial charge on any atom is -0.496 e. The number of aromatic nitrogens is 3. The van der Waals surface area contributed by atoms with E-state index in [2.05, 4.69) is 36.9 Å². The summed E-state index contributed by atoms with van der Waals surface area (Å²) in [4.78, 5) is 12.2. The lowest BCUT2D eigenvalue weighted by Gasteiger charge is -2.22. The van der Waals surface area contributed by atoms with E-state index in [9.17, 15) is 4.79 Å². The van der Waals surface area contributed by atoms with Crippen LogP contribution in [0.25, 0.3) is 0 Å². The third-order valence-electron chi connectivity index (χ3n) is 4.09. The van der Waals surface area contributed by atoms with Crippen LogP contribution in [0.1, 0.15) is 34.9 Å². The molecule has 1 aromatic heterocycles. The van der Waals surface area contributed by atoms with E-state index in [4.69, 9.17) is 4.74 Å². The van der Waals surface area contributed by atoms with Crippen molar-refractivity contribution in [3.8, 4) is 5.75 Å². The number of piperidine rings is 1. The Morgan fingerprint density at radius 3 is 2.88 bits per heavy atom. The van der Waals surface area contributed by atoms with Crippen molar-refractivity contribution in [3.63, 3.8) is 0 Å². The van der Waals surface area contributed by atoms with Gasteiger partial charge in [0, 0.05) is 6.54 Å². The maximum absolute atomic E-state index is 12.2. The standard InChI is InChI=1S/C16H20BrN5O2.ClH/c1-24-15-3-2-11(8-13(15)17)9-19-16(23)14-10-22(21-20-14)12-4-6-18-7-5-12;/h2-3,8,10,12,18H,4-7,9H2,1H3,(H,19,23);1H. The first-order valence-corrected chi connectivity index (χ1v) is 8.70. The number of carbonyl (C=O) groups excluding carboxylic acids is 1. The first kappa shape index (κ1) is 19.7. The molecule has 0 bridgehead atoms. The molecule has 3 rings (SSSR count). The van der Waals surface area contributed by atoms with Gasteiger partial charge in [0.15, 0.2) is 5.69 Å². The second-order valence-electron chi connectivity index (χ2n) is 5.72. The smallest absolute Gasteiger partial charge is 0.273 e. The van der Waals surface area contributed by atoms with Gasteiger partial charge < -0.3 is 15.4 Å². The van der Waals surface area contributed by atoms with Crippen molar-refractivity contribution in [2.75, 3.05) is 20.2 Å². The van der Waals surface area contributed by atoms with Gasteiger partial charge in [-0.05, 0) is 59.6 Å². The van der Waals surface area contributed by atoms with Crippen molar-refractivity contribution < 1.29 is 9.53 Å². The van der Waals surface area contributed by atoms with Crippen molar-refractivity contribution >= 4 is 34.2 Å². The zero-order valence-corrected chi connectivity index (χ0v) is 16.3. The molecule has 2 aromatic rings. The Morgan fingerprint density at radius 2 is 2.20 bits per heavy atom. The molecule has 7 nitrogen and oxygen atoms in total. The maximum Gasteiger partial charge on any atom is 0.273 e. The van der Waals surface area contributed by atoms with Crippen LogP contribution in [0.3, 0.4) is 0 Å². The highest BCUT2D eigenvalue weighted by molar-refractivity contribution is 9.10. The Kier molecular flexibility index (Phi) is 7.22. The van der Waals surface area contributed by atoms with E-state index >= 15 is 0 Å². The van der Waals surface area contributed by atoms with Gasteiger partial charge in [0.05, 0.1) is 23.8 Å². The third kappa shape index (κ3) is 4.93. The lowest BCUT2D eigenvalue weighted by atomic mass is 10.1. The largest absolute Gasteiger partial charge is 0.496 e. The molecule has 25 heavy (non-hydrogen) atoms. The van der Waals surface area contributed by atoms with E-state index in [1.54, 1.807) is 18.0 Å². The van der Waals surface area contributed by atoms with Gasteiger partial charge >= 0.3 is 0 Å². The van der Waals surface area contributed by atoms with Crippen LogP contribution in [-0.4, -0.2) is 41.1 Å². The quantitative estimate of drug-likeness (QED) is 0.761. The molecule has 1 aromatic carbocycles. The SMILES string of the molecule is COc1ccc(CNC(=O)c2cn(C3CCNCC3)nn2)cc1Br.Cl. The molecule has 0 aliphatic carbocycles. The third-order valence-corrected chi connectivity index (χ3v) is 4.71. The fourth-order valence-electron chi connectivity index (χ4n) is 2.72. The fraction of sp³-hybridized carbons (Fsp3) is 0.438. The number of nitrogens with zero attached hydrogens (tertiary/aromatic N) is 3. The Balaban J connectivity index is 0.00000225. The van der Waals surface area contributed by atoms with E-state index < -0.39 is 0 Å². The first-order chi connectivity index (χ1) is 11.7. The van der Waals surface area contributed by atoms with Crippen molar-refractivity contribution in [1.29, 1.82) is 0 Å². The predicted molar refractivity (Wildman–Crippen MR) is 100 cm³/mol. The van der Waals surface area contributed by atoms with Gasteiger partial charge in [-0.2, -0.15) is 0 Å². The minimum absolute atomic E-state index is 0. The second-order valence-corrected chi connectivity index (χ2v) is 6.57. The van der Waals surface area contributed by atoms with Gasteiger partial charge in [0.25, 0.3) is 5.91 Å². The van der Waals surface area contributed by atoms with Gasteiger partial charge in [0.1, 0.15) is 5.75 Å². The maximum atomic E-state index is 12.2. The molecule has 1 saturated heterocycles. The molecule has 0 unspecified atom stereocenters.